The minimum atomic E-state index is -0.346. The normalized spacial score (nSPS) is 12.5. The van der Waals surface area contributed by atoms with Crippen molar-refractivity contribution < 1.29 is 4.79 Å². The van der Waals surface area contributed by atoms with Gasteiger partial charge in [-0.2, -0.15) is 0 Å². The highest BCUT2D eigenvalue weighted by Crippen LogP contribution is 2.15. The van der Waals surface area contributed by atoms with E-state index in [1.165, 1.54) is 0 Å². The van der Waals surface area contributed by atoms with Gasteiger partial charge >= 0.3 is 0 Å². The van der Waals surface area contributed by atoms with E-state index >= 15 is 0 Å². The number of aromatic amines is 2. The number of carbonyl (C=O) groups is 1. The van der Waals surface area contributed by atoms with E-state index in [1.54, 1.807) is 12.1 Å². The number of nitrogens with one attached hydrogen (secondary N) is 3. The molecule has 6 nitrogen and oxygen atoms in total. The van der Waals surface area contributed by atoms with Crippen molar-refractivity contribution in [3.8, 4) is 0 Å². The Morgan fingerprint density at radius 2 is 2.24 bits per heavy atom. The zero-order valence-corrected chi connectivity index (χ0v) is 9.41. The van der Waals surface area contributed by atoms with Crippen LogP contribution in [0.2, 0.25) is 0 Å². The summed E-state index contributed by atoms with van der Waals surface area (Å²) in [4.78, 5) is 22.0. The quantitative estimate of drug-likeness (QED) is 0.620. The molecular formula is C11H14N4O2. The van der Waals surface area contributed by atoms with E-state index in [9.17, 15) is 9.59 Å². The Morgan fingerprint density at radius 1 is 1.47 bits per heavy atom. The number of amides is 1. The number of rotatable bonds is 4. The Kier molecular flexibility index (Phi) is 2.86. The molecule has 1 atom stereocenters. The van der Waals surface area contributed by atoms with Crippen LogP contribution in [0.15, 0.2) is 23.0 Å². The van der Waals surface area contributed by atoms with Crippen molar-refractivity contribution in [1.82, 2.24) is 10.2 Å². The minimum Gasteiger partial charge on any atom is -0.382 e. The van der Waals surface area contributed by atoms with Crippen molar-refractivity contribution in [1.29, 1.82) is 0 Å². The number of hydrogen-bond acceptors (Lipinski definition) is 3. The number of anilines is 1. The third-order valence-electron chi connectivity index (χ3n) is 2.50. The van der Waals surface area contributed by atoms with Gasteiger partial charge in [0.15, 0.2) is 0 Å². The summed E-state index contributed by atoms with van der Waals surface area (Å²) in [5.74, 6) is -0.346. The molecule has 0 bridgehead atoms. The van der Waals surface area contributed by atoms with Gasteiger partial charge in [0.05, 0.1) is 10.9 Å². The van der Waals surface area contributed by atoms with E-state index < -0.39 is 0 Å². The summed E-state index contributed by atoms with van der Waals surface area (Å²) in [6.45, 7) is 1.87. The summed E-state index contributed by atoms with van der Waals surface area (Å²) in [5.41, 5.74) is 6.53. The molecule has 0 radical (unpaired) electrons. The predicted octanol–water partition coefficient (Wildman–Crippen LogP) is 0.532. The molecule has 1 heterocycles. The number of H-pyrrole nitrogens is 2. The molecule has 90 valence electrons. The van der Waals surface area contributed by atoms with Crippen LogP contribution in [0.3, 0.4) is 0 Å². The van der Waals surface area contributed by atoms with Gasteiger partial charge in [0.2, 0.25) is 5.91 Å². The lowest BCUT2D eigenvalue weighted by atomic mass is 10.2. The molecule has 17 heavy (non-hydrogen) atoms. The first kappa shape index (κ1) is 11.3. The first-order chi connectivity index (χ1) is 8.06. The van der Waals surface area contributed by atoms with Crippen LogP contribution in [-0.2, 0) is 4.79 Å². The van der Waals surface area contributed by atoms with E-state index in [0.29, 0.717) is 5.39 Å². The average Bonchev–Trinajstić information content (AvgIpc) is 2.58. The molecule has 1 aromatic carbocycles. The monoisotopic (exact) mass is 234 g/mol. The van der Waals surface area contributed by atoms with E-state index in [2.05, 4.69) is 15.5 Å². The number of primary amides is 1. The fourth-order valence-electron chi connectivity index (χ4n) is 1.76. The fraction of sp³-hybridized carbons (Fsp3) is 0.273. The Hall–Kier alpha value is -2.24. The Morgan fingerprint density at radius 3 is 2.94 bits per heavy atom. The molecule has 5 N–H and O–H groups in total. The second kappa shape index (κ2) is 4.32. The molecule has 2 rings (SSSR count). The highest BCUT2D eigenvalue weighted by molar-refractivity contribution is 5.81. The summed E-state index contributed by atoms with van der Waals surface area (Å²) in [7, 11) is 0. The van der Waals surface area contributed by atoms with E-state index in [1.807, 2.05) is 13.0 Å². The van der Waals surface area contributed by atoms with Gasteiger partial charge in [-0.15, -0.1) is 0 Å². The number of aromatic nitrogens is 2. The van der Waals surface area contributed by atoms with Crippen LogP contribution in [0.5, 0.6) is 0 Å². The number of hydrogen-bond donors (Lipinski definition) is 4. The zero-order valence-electron chi connectivity index (χ0n) is 9.41. The van der Waals surface area contributed by atoms with Crippen molar-refractivity contribution in [3.05, 3.63) is 28.6 Å². The van der Waals surface area contributed by atoms with Crippen LogP contribution in [0.25, 0.3) is 10.9 Å². The van der Waals surface area contributed by atoms with Gasteiger partial charge in [0.25, 0.3) is 5.56 Å². The van der Waals surface area contributed by atoms with Crippen LogP contribution in [0, 0.1) is 0 Å². The molecule has 2 aromatic rings. The number of carbonyl (C=O) groups excluding carboxylic acids is 1. The van der Waals surface area contributed by atoms with Crippen molar-refractivity contribution in [2.24, 2.45) is 5.73 Å². The van der Waals surface area contributed by atoms with Gasteiger partial charge < -0.3 is 11.1 Å². The second-order valence-corrected chi connectivity index (χ2v) is 4.06. The van der Waals surface area contributed by atoms with Gasteiger partial charge in [-0.25, -0.2) is 0 Å². The molecule has 1 amide bonds. The van der Waals surface area contributed by atoms with E-state index in [-0.39, 0.29) is 23.9 Å². The lowest BCUT2D eigenvalue weighted by molar-refractivity contribution is -0.118. The molecule has 0 saturated heterocycles. The molecule has 1 aromatic heterocycles. The molecule has 6 heteroatoms. The molecule has 0 spiro atoms. The lowest BCUT2D eigenvalue weighted by Crippen LogP contribution is -2.23. The minimum absolute atomic E-state index is 0.0457. The molecule has 0 aliphatic rings. The molecule has 1 unspecified atom stereocenters. The largest absolute Gasteiger partial charge is 0.382 e. The maximum atomic E-state index is 11.3. The number of fused-ring (bicyclic) bond motifs is 1. The van der Waals surface area contributed by atoms with Crippen molar-refractivity contribution in [2.75, 3.05) is 5.32 Å². The summed E-state index contributed by atoms with van der Waals surface area (Å²) >= 11 is 0. The smallest absolute Gasteiger partial charge is 0.271 e. The van der Waals surface area contributed by atoms with Crippen LogP contribution in [0.1, 0.15) is 13.3 Å². The van der Waals surface area contributed by atoms with Crippen LogP contribution < -0.4 is 16.6 Å². The first-order valence-electron chi connectivity index (χ1n) is 5.31. The highest BCUT2D eigenvalue weighted by Gasteiger charge is 2.07. The topological polar surface area (TPSA) is 104 Å². The summed E-state index contributed by atoms with van der Waals surface area (Å²) in [6, 6.07) is 5.29. The number of benzene rings is 1. The first-order valence-corrected chi connectivity index (χ1v) is 5.31. The highest BCUT2D eigenvalue weighted by atomic mass is 16.1. The number of nitrogens with two attached hydrogens (primary N) is 1. The standard InChI is InChI=1S/C11H14N4O2/c1-6(4-10(12)16)13-7-2-3-8-9(5-7)14-15-11(8)17/h2-3,5-6,13H,4H2,1H3,(H2,12,16)(H2,14,15,17). The van der Waals surface area contributed by atoms with Crippen molar-refractivity contribution in [2.45, 2.75) is 19.4 Å². The second-order valence-electron chi connectivity index (χ2n) is 4.06. The third-order valence-corrected chi connectivity index (χ3v) is 2.50. The Labute approximate surface area is 97.2 Å². The fourth-order valence-corrected chi connectivity index (χ4v) is 1.76. The van der Waals surface area contributed by atoms with E-state index in [4.69, 9.17) is 5.73 Å². The molecule has 0 saturated carbocycles. The van der Waals surface area contributed by atoms with Crippen LogP contribution in [0.4, 0.5) is 5.69 Å². The molecule has 0 fully saturated rings. The molecular weight excluding hydrogens is 220 g/mol. The van der Waals surface area contributed by atoms with E-state index in [0.717, 1.165) is 11.2 Å². The maximum Gasteiger partial charge on any atom is 0.271 e. The Bertz CT molecular complexity index is 599. The zero-order chi connectivity index (χ0) is 12.4. The predicted molar refractivity (Wildman–Crippen MR) is 65.8 cm³/mol. The van der Waals surface area contributed by atoms with Crippen molar-refractivity contribution in [3.63, 3.8) is 0 Å². The van der Waals surface area contributed by atoms with Crippen molar-refractivity contribution >= 4 is 22.5 Å². The SMILES string of the molecule is CC(CC(N)=O)Nc1ccc2c(=O)[nH][nH]c2c1. The molecule has 0 aliphatic heterocycles. The summed E-state index contributed by atoms with van der Waals surface area (Å²) < 4.78 is 0. The van der Waals surface area contributed by atoms with Crippen LogP contribution in [-0.4, -0.2) is 22.1 Å². The Balaban J connectivity index is 2.19. The van der Waals surface area contributed by atoms with Gasteiger partial charge in [-0.1, -0.05) is 0 Å². The van der Waals surface area contributed by atoms with Gasteiger partial charge in [0, 0.05) is 18.2 Å². The van der Waals surface area contributed by atoms with Gasteiger partial charge in [-0.05, 0) is 25.1 Å². The maximum absolute atomic E-state index is 11.3. The van der Waals surface area contributed by atoms with Gasteiger partial charge in [-0.3, -0.25) is 19.8 Å². The lowest BCUT2D eigenvalue weighted by Gasteiger charge is -2.13. The summed E-state index contributed by atoms with van der Waals surface area (Å²) in [6.07, 6.45) is 0.266. The van der Waals surface area contributed by atoms with Crippen LogP contribution >= 0.6 is 0 Å². The average molecular weight is 234 g/mol. The van der Waals surface area contributed by atoms with Gasteiger partial charge in [0.1, 0.15) is 0 Å². The summed E-state index contributed by atoms with van der Waals surface area (Å²) in [5, 5.41) is 9.03. The molecule has 0 aliphatic carbocycles. The third kappa shape index (κ3) is 2.47.